The smallest absolute Gasteiger partial charge is 0.408 e. The molecule has 3 rings (SSSR count). The van der Waals surface area contributed by atoms with E-state index < -0.39 is 18.1 Å². The van der Waals surface area contributed by atoms with Gasteiger partial charge in [-0.2, -0.15) is 0 Å². The average Bonchev–Trinajstić information content (AvgIpc) is 3.36. The Kier molecular flexibility index (Phi) is 8.21. The van der Waals surface area contributed by atoms with E-state index in [1.54, 1.807) is 6.08 Å². The fourth-order valence-electron chi connectivity index (χ4n) is 3.34. The monoisotopic (exact) mass is 421 g/mol. The highest BCUT2D eigenvalue weighted by Crippen LogP contribution is 2.30. The number of carbonyl (C=O) groups excluding carboxylic acids is 2. The van der Waals surface area contributed by atoms with Gasteiger partial charge in [0, 0.05) is 0 Å². The van der Waals surface area contributed by atoms with Crippen molar-refractivity contribution in [1.82, 2.24) is 5.32 Å². The first-order valence-electron chi connectivity index (χ1n) is 9.74. The van der Waals surface area contributed by atoms with Crippen LogP contribution >= 0.6 is 0 Å². The van der Waals surface area contributed by atoms with E-state index in [9.17, 15) is 9.59 Å². The fraction of sp³-hybridized carbons (Fsp3) is 0.524. The minimum absolute atomic E-state index is 0.0849. The Morgan fingerprint density at radius 3 is 2.47 bits per heavy atom. The van der Waals surface area contributed by atoms with Gasteiger partial charge in [-0.05, 0) is 5.56 Å². The average molecular weight is 421 g/mol. The highest BCUT2D eigenvalue weighted by Gasteiger charge is 2.49. The van der Waals surface area contributed by atoms with E-state index in [2.05, 4.69) is 11.9 Å². The van der Waals surface area contributed by atoms with Crippen molar-refractivity contribution in [3.05, 3.63) is 48.6 Å². The largest absolute Gasteiger partial charge is 0.467 e. The molecule has 9 nitrogen and oxygen atoms in total. The summed E-state index contributed by atoms with van der Waals surface area (Å²) in [7, 11) is 1.24. The third kappa shape index (κ3) is 5.79. The van der Waals surface area contributed by atoms with Gasteiger partial charge in [0.15, 0.2) is 6.04 Å². The molecule has 30 heavy (non-hydrogen) atoms. The lowest BCUT2D eigenvalue weighted by Gasteiger charge is -2.21. The molecular weight excluding hydrogens is 394 g/mol. The standard InChI is InChI=1S/C21H27NO8/c1-3-9-26-16-12-28-19-17(13-29-18(16)19)27-11-15(20(23)25-2)22-21(24)30-10-14-7-5-4-6-8-14/h3-8,15-19H,1,9-13H2,2H3,(H,22,24)/t15-,16-,17-,18+,19+/m0/s1. The van der Waals surface area contributed by atoms with E-state index in [1.165, 1.54) is 7.11 Å². The van der Waals surface area contributed by atoms with Gasteiger partial charge < -0.3 is 33.7 Å². The maximum atomic E-state index is 12.1. The molecule has 1 aromatic carbocycles. The Morgan fingerprint density at radius 2 is 1.83 bits per heavy atom. The van der Waals surface area contributed by atoms with E-state index in [0.29, 0.717) is 19.8 Å². The van der Waals surface area contributed by atoms with Gasteiger partial charge in [-0.15, -0.1) is 6.58 Å². The van der Waals surface area contributed by atoms with Gasteiger partial charge in [0.05, 0.1) is 33.5 Å². The number of benzene rings is 1. The number of esters is 1. The number of fused-ring (bicyclic) bond motifs is 1. The molecular formula is C21H27NO8. The molecule has 5 atom stereocenters. The lowest BCUT2D eigenvalue weighted by atomic mass is 10.1. The molecule has 2 aliphatic heterocycles. The highest BCUT2D eigenvalue weighted by atomic mass is 16.6. The molecule has 2 aliphatic rings. The van der Waals surface area contributed by atoms with E-state index in [0.717, 1.165) is 5.56 Å². The van der Waals surface area contributed by atoms with Gasteiger partial charge in [0.2, 0.25) is 0 Å². The van der Waals surface area contributed by atoms with Gasteiger partial charge >= 0.3 is 12.1 Å². The quantitative estimate of drug-likeness (QED) is 0.444. The van der Waals surface area contributed by atoms with Crippen LogP contribution in [0.2, 0.25) is 0 Å². The maximum Gasteiger partial charge on any atom is 0.408 e. The molecule has 164 valence electrons. The van der Waals surface area contributed by atoms with Gasteiger partial charge in [0.25, 0.3) is 0 Å². The van der Waals surface area contributed by atoms with Crippen molar-refractivity contribution in [2.75, 3.05) is 33.5 Å². The van der Waals surface area contributed by atoms with Gasteiger partial charge in [-0.3, -0.25) is 0 Å². The zero-order valence-corrected chi connectivity index (χ0v) is 16.9. The van der Waals surface area contributed by atoms with Gasteiger partial charge in [-0.1, -0.05) is 36.4 Å². The summed E-state index contributed by atoms with van der Waals surface area (Å²) in [5.74, 6) is -0.637. The van der Waals surface area contributed by atoms with Crippen molar-refractivity contribution in [1.29, 1.82) is 0 Å². The molecule has 0 bridgehead atoms. The zero-order valence-electron chi connectivity index (χ0n) is 16.9. The number of alkyl carbamates (subject to hydrolysis) is 1. The first-order chi connectivity index (χ1) is 14.6. The first kappa shape index (κ1) is 22.2. The lowest BCUT2D eigenvalue weighted by molar-refractivity contribution is -0.146. The molecule has 1 amide bonds. The topological polar surface area (TPSA) is 102 Å². The second kappa shape index (κ2) is 11.1. The fourth-order valence-corrected chi connectivity index (χ4v) is 3.34. The molecule has 2 heterocycles. The summed E-state index contributed by atoms with van der Waals surface area (Å²) in [5.41, 5.74) is 0.833. The van der Waals surface area contributed by atoms with Crippen molar-refractivity contribution in [3.8, 4) is 0 Å². The molecule has 1 aromatic rings. The minimum atomic E-state index is -1.02. The number of rotatable bonds is 10. The second-order valence-electron chi connectivity index (χ2n) is 6.91. The number of hydrogen-bond donors (Lipinski definition) is 1. The van der Waals surface area contributed by atoms with Crippen LogP contribution in [-0.2, 0) is 39.8 Å². The van der Waals surface area contributed by atoms with Gasteiger partial charge in [-0.25, -0.2) is 9.59 Å². The first-order valence-corrected chi connectivity index (χ1v) is 9.74. The van der Waals surface area contributed by atoms with Crippen LogP contribution < -0.4 is 5.32 Å². The molecule has 1 N–H and O–H groups in total. The number of nitrogens with one attached hydrogen (secondary N) is 1. The number of carbonyl (C=O) groups is 2. The van der Waals surface area contributed by atoms with Crippen LogP contribution in [0.5, 0.6) is 0 Å². The van der Waals surface area contributed by atoms with Crippen molar-refractivity contribution in [3.63, 3.8) is 0 Å². The van der Waals surface area contributed by atoms with E-state index in [-0.39, 0.29) is 37.6 Å². The molecule has 2 saturated heterocycles. The molecule has 0 spiro atoms. The Balaban J connectivity index is 1.47. The number of amides is 1. The molecule has 9 heteroatoms. The minimum Gasteiger partial charge on any atom is -0.467 e. The van der Waals surface area contributed by atoms with Crippen LogP contribution in [0, 0.1) is 0 Å². The van der Waals surface area contributed by atoms with Crippen LogP contribution in [0.4, 0.5) is 4.79 Å². The summed E-state index contributed by atoms with van der Waals surface area (Å²) in [5, 5.41) is 2.48. The normalized spacial score (nSPS) is 25.9. The molecule has 0 unspecified atom stereocenters. The number of ether oxygens (including phenoxy) is 6. The zero-order chi connectivity index (χ0) is 21.3. The summed E-state index contributed by atoms with van der Waals surface area (Å²) in [6, 6.07) is 8.20. The Labute approximate surface area is 175 Å². The van der Waals surface area contributed by atoms with Crippen molar-refractivity contribution >= 4 is 12.1 Å². The molecule has 0 radical (unpaired) electrons. The maximum absolute atomic E-state index is 12.1. The Bertz CT molecular complexity index is 712. The van der Waals surface area contributed by atoms with Crippen LogP contribution in [0.25, 0.3) is 0 Å². The molecule has 0 aliphatic carbocycles. The van der Waals surface area contributed by atoms with Crippen LogP contribution in [0.1, 0.15) is 5.56 Å². The molecule has 0 aromatic heterocycles. The van der Waals surface area contributed by atoms with E-state index in [4.69, 9.17) is 28.4 Å². The predicted molar refractivity (Wildman–Crippen MR) is 105 cm³/mol. The van der Waals surface area contributed by atoms with E-state index in [1.807, 2.05) is 30.3 Å². The van der Waals surface area contributed by atoms with Gasteiger partial charge in [0.1, 0.15) is 31.0 Å². The summed E-state index contributed by atoms with van der Waals surface area (Å²) in [6.07, 6.45) is -0.197. The summed E-state index contributed by atoms with van der Waals surface area (Å²) in [4.78, 5) is 24.2. The number of hydrogen-bond acceptors (Lipinski definition) is 8. The SMILES string of the molecule is C=CCO[C@H]1CO[C@H]2[C@@H]1OC[C@@H]2OC[C@H](NC(=O)OCc1ccccc1)C(=O)OC. The Morgan fingerprint density at radius 1 is 1.17 bits per heavy atom. The van der Waals surface area contributed by atoms with Crippen molar-refractivity contribution in [2.45, 2.75) is 37.1 Å². The number of methoxy groups -OCH3 is 1. The van der Waals surface area contributed by atoms with E-state index >= 15 is 0 Å². The second-order valence-corrected chi connectivity index (χ2v) is 6.91. The predicted octanol–water partition coefficient (Wildman–Crippen LogP) is 1.21. The summed E-state index contributed by atoms with van der Waals surface area (Å²) >= 11 is 0. The van der Waals surface area contributed by atoms with Crippen LogP contribution in [-0.4, -0.2) is 76.1 Å². The van der Waals surface area contributed by atoms with Crippen LogP contribution in [0.3, 0.4) is 0 Å². The van der Waals surface area contributed by atoms with Crippen molar-refractivity contribution in [2.24, 2.45) is 0 Å². The highest BCUT2D eigenvalue weighted by molar-refractivity contribution is 5.81. The van der Waals surface area contributed by atoms with Crippen LogP contribution in [0.15, 0.2) is 43.0 Å². The third-order valence-corrected chi connectivity index (χ3v) is 4.86. The Hall–Kier alpha value is -2.46. The molecule has 2 fully saturated rings. The lowest BCUT2D eigenvalue weighted by Crippen LogP contribution is -2.46. The van der Waals surface area contributed by atoms with Crippen molar-refractivity contribution < 1.29 is 38.0 Å². The summed E-state index contributed by atoms with van der Waals surface area (Å²) in [6.45, 7) is 4.72. The molecule has 0 saturated carbocycles. The summed E-state index contributed by atoms with van der Waals surface area (Å²) < 4.78 is 32.9. The third-order valence-electron chi connectivity index (χ3n) is 4.86.